The first kappa shape index (κ1) is 15.7. The van der Waals surface area contributed by atoms with Gasteiger partial charge in [-0.3, -0.25) is 4.79 Å². The fourth-order valence-electron chi connectivity index (χ4n) is 2.60. The van der Waals surface area contributed by atoms with E-state index < -0.39 is 18.6 Å². The number of carbonyl (C=O) groups excluding carboxylic acids is 1. The molecule has 21 heavy (non-hydrogen) atoms. The summed E-state index contributed by atoms with van der Waals surface area (Å²) in [5, 5.41) is 3.14. The Balaban J connectivity index is 2.28. The van der Waals surface area contributed by atoms with E-state index >= 15 is 0 Å². The van der Waals surface area contributed by atoms with Crippen LogP contribution in [0.15, 0.2) is 18.2 Å². The number of fused-ring (bicyclic) bond motifs is 1. The summed E-state index contributed by atoms with van der Waals surface area (Å²) in [7, 11) is 0. The van der Waals surface area contributed by atoms with Crippen LogP contribution in [-0.2, 0) is 6.42 Å². The predicted molar refractivity (Wildman–Crippen MR) is 75.5 cm³/mol. The number of benzene rings is 1. The fourth-order valence-corrected chi connectivity index (χ4v) is 2.60. The van der Waals surface area contributed by atoms with Crippen molar-refractivity contribution < 1.29 is 18.0 Å². The van der Waals surface area contributed by atoms with Crippen LogP contribution in [0.2, 0.25) is 0 Å². The van der Waals surface area contributed by atoms with Crippen molar-refractivity contribution in [2.24, 2.45) is 0 Å². The maximum absolute atomic E-state index is 12.6. The van der Waals surface area contributed by atoms with E-state index in [1.807, 2.05) is 6.07 Å². The topological polar surface area (TPSA) is 32.3 Å². The first-order chi connectivity index (χ1) is 9.92. The third-order valence-electron chi connectivity index (χ3n) is 3.46. The Labute approximate surface area is 122 Å². The van der Waals surface area contributed by atoms with Gasteiger partial charge in [-0.25, -0.2) is 0 Å². The van der Waals surface area contributed by atoms with Gasteiger partial charge in [-0.1, -0.05) is 19.1 Å². The average molecular weight is 300 g/mol. The first-order valence-electron chi connectivity index (χ1n) is 7.14. The zero-order valence-electron chi connectivity index (χ0n) is 12.0. The molecule has 0 saturated carbocycles. The molecule has 1 heterocycles. The van der Waals surface area contributed by atoms with Gasteiger partial charge in [0.2, 0.25) is 0 Å². The molecule has 0 aromatic heterocycles. The smallest absolute Gasteiger partial charge is 0.384 e. The van der Waals surface area contributed by atoms with Crippen LogP contribution in [0.3, 0.4) is 0 Å². The van der Waals surface area contributed by atoms with E-state index in [4.69, 9.17) is 0 Å². The van der Waals surface area contributed by atoms with Gasteiger partial charge < -0.3 is 10.2 Å². The summed E-state index contributed by atoms with van der Waals surface area (Å²) in [5.41, 5.74) is 2.03. The number of aryl methyl sites for hydroxylation is 1. The van der Waals surface area contributed by atoms with Crippen LogP contribution in [0, 0.1) is 0 Å². The number of nitrogens with one attached hydrogen (secondary N) is 1. The van der Waals surface area contributed by atoms with Crippen LogP contribution in [0.5, 0.6) is 0 Å². The van der Waals surface area contributed by atoms with E-state index in [-0.39, 0.29) is 6.54 Å². The summed E-state index contributed by atoms with van der Waals surface area (Å²) in [6.07, 6.45) is -2.08. The molecule has 0 spiro atoms. The molecule has 0 radical (unpaired) electrons. The second-order valence-electron chi connectivity index (χ2n) is 5.21. The van der Waals surface area contributed by atoms with Crippen LogP contribution < -0.4 is 5.32 Å². The number of amides is 1. The summed E-state index contributed by atoms with van der Waals surface area (Å²) in [4.78, 5) is 13.4. The van der Waals surface area contributed by atoms with E-state index in [9.17, 15) is 18.0 Å². The lowest BCUT2D eigenvalue weighted by Crippen LogP contribution is -2.40. The van der Waals surface area contributed by atoms with Gasteiger partial charge in [-0.15, -0.1) is 0 Å². The Morgan fingerprint density at radius 3 is 2.81 bits per heavy atom. The summed E-state index contributed by atoms with van der Waals surface area (Å²) in [6.45, 7) is 1.39. The lowest BCUT2D eigenvalue weighted by atomic mass is 9.98. The van der Waals surface area contributed by atoms with Gasteiger partial charge in [0.15, 0.2) is 0 Å². The largest absolute Gasteiger partial charge is 0.406 e. The quantitative estimate of drug-likeness (QED) is 0.923. The molecule has 116 valence electrons. The molecule has 0 saturated heterocycles. The highest BCUT2D eigenvalue weighted by molar-refractivity contribution is 6.00. The second-order valence-corrected chi connectivity index (χ2v) is 5.21. The number of halogens is 3. The molecule has 0 fully saturated rings. The molecule has 0 unspecified atom stereocenters. The van der Waals surface area contributed by atoms with Gasteiger partial charge in [-0.2, -0.15) is 13.2 Å². The van der Waals surface area contributed by atoms with Crippen LogP contribution in [0.25, 0.3) is 0 Å². The fraction of sp³-hybridized carbons (Fsp3) is 0.533. The number of alkyl halides is 3. The summed E-state index contributed by atoms with van der Waals surface area (Å²) in [6, 6.07) is 5.24. The molecule has 0 aliphatic carbocycles. The number of hydrogen-bond acceptors (Lipinski definition) is 2. The highest BCUT2D eigenvalue weighted by Gasteiger charge is 2.33. The normalized spacial score (nSPS) is 14.3. The molecule has 3 nitrogen and oxygen atoms in total. The third kappa shape index (κ3) is 3.89. The average Bonchev–Trinajstić information content (AvgIpc) is 2.44. The van der Waals surface area contributed by atoms with Gasteiger partial charge in [-0.05, 0) is 30.9 Å². The minimum Gasteiger partial charge on any atom is -0.384 e. The minimum absolute atomic E-state index is 0.0992. The zero-order valence-corrected chi connectivity index (χ0v) is 12.0. The molecular formula is C15H19F3N2O. The van der Waals surface area contributed by atoms with Gasteiger partial charge in [0.25, 0.3) is 5.91 Å². The first-order valence-corrected chi connectivity index (χ1v) is 7.14. The van der Waals surface area contributed by atoms with E-state index in [1.165, 1.54) is 0 Å². The molecule has 6 heteroatoms. The van der Waals surface area contributed by atoms with Gasteiger partial charge in [0.05, 0.1) is 11.3 Å². The van der Waals surface area contributed by atoms with Crippen molar-refractivity contribution in [3.05, 3.63) is 29.3 Å². The number of para-hydroxylation sites is 1. The van der Waals surface area contributed by atoms with Crippen molar-refractivity contribution >= 4 is 11.6 Å². The van der Waals surface area contributed by atoms with Crippen LogP contribution >= 0.6 is 0 Å². The highest BCUT2D eigenvalue weighted by atomic mass is 19.4. The summed E-state index contributed by atoms with van der Waals surface area (Å²) in [5.74, 6) is -0.555. The zero-order chi connectivity index (χ0) is 15.5. The Kier molecular flexibility index (Phi) is 4.75. The summed E-state index contributed by atoms with van der Waals surface area (Å²) >= 11 is 0. The summed E-state index contributed by atoms with van der Waals surface area (Å²) < 4.78 is 37.9. The van der Waals surface area contributed by atoms with Crippen molar-refractivity contribution in [3.8, 4) is 0 Å². The maximum Gasteiger partial charge on any atom is 0.406 e. The van der Waals surface area contributed by atoms with Gasteiger partial charge >= 0.3 is 6.18 Å². The number of carbonyl (C=O) groups is 1. The third-order valence-corrected chi connectivity index (χ3v) is 3.46. The lowest BCUT2D eigenvalue weighted by Gasteiger charge is -2.26. The van der Waals surface area contributed by atoms with Gasteiger partial charge in [0, 0.05) is 13.1 Å². The highest BCUT2D eigenvalue weighted by Crippen LogP contribution is 2.28. The Morgan fingerprint density at radius 1 is 1.38 bits per heavy atom. The van der Waals surface area contributed by atoms with Crippen LogP contribution in [0.4, 0.5) is 18.9 Å². The molecule has 2 rings (SSSR count). The van der Waals surface area contributed by atoms with E-state index in [0.29, 0.717) is 17.7 Å². The molecule has 0 bridgehead atoms. The molecule has 1 aromatic rings. The van der Waals surface area contributed by atoms with Crippen molar-refractivity contribution in [2.45, 2.75) is 32.4 Å². The van der Waals surface area contributed by atoms with Crippen LogP contribution in [0.1, 0.15) is 35.7 Å². The second kappa shape index (κ2) is 6.37. The van der Waals surface area contributed by atoms with Crippen molar-refractivity contribution in [1.29, 1.82) is 0 Å². The number of nitrogens with zero attached hydrogens (tertiary/aromatic N) is 1. The minimum atomic E-state index is -4.38. The van der Waals surface area contributed by atoms with Gasteiger partial charge in [0.1, 0.15) is 6.54 Å². The number of hydrogen-bond donors (Lipinski definition) is 1. The van der Waals surface area contributed by atoms with Crippen molar-refractivity contribution in [3.63, 3.8) is 0 Å². The Hall–Kier alpha value is -1.72. The molecular weight excluding hydrogens is 281 g/mol. The van der Waals surface area contributed by atoms with Crippen molar-refractivity contribution in [1.82, 2.24) is 4.90 Å². The molecule has 1 N–H and O–H groups in total. The van der Waals surface area contributed by atoms with E-state index in [2.05, 4.69) is 5.32 Å². The number of rotatable bonds is 4. The number of anilines is 1. The Bertz CT molecular complexity index is 514. The lowest BCUT2D eigenvalue weighted by molar-refractivity contribution is -0.140. The molecule has 1 aliphatic rings. The van der Waals surface area contributed by atoms with E-state index in [0.717, 1.165) is 29.8 Å². The standard InChI is InChI=1S/C15H19F3N2O/c1-2-9-20(10-15(16,17)18)14(21)12-7-3-5-11-6-4-8-19-13(11)12/h3,5,7,19H,2,4,6,8-10H2,1H3. The van der Waals surface area contributed by atoms with E-state index in [1.54, 1.807) is 19.1 Å². The molecule has 1 aliphatic heterocycles. The molecule has 0 atom stereocenters. The monoisotopic (exact) mass is 300 g/mol. The maximum atomic E-state index is 12.6. The molecule has 1 amide bonds. The van der Waals surface area contributed by atoms with Crippen LogP contribution in [-0.4, -0.2) is 36.6 Å². The predicted octanol–water partition coefficient (Wildman–Crippen LogP) is 3.46. The van der Waals surface area contributed by atoms with Crippen molar-refractivity contribution in [2.75, 3.05) is 25.0 Å². The SMILES string of the molecule is CCCN(CC(F)(F)F)C(=O)c1cccc2c1NCCC2. The molecule has 1 aromatic carbocycles. The Morgan fingerprint density at radius 2 is 2.14 bits per heavy atom.